The molecule has 2 heterocycles. The van der Waals surface area contributed by atoms with Gasteiger partial charge in [-0.3, -0.25) is 4.98 Å². The first-order valence-corrected chi connectivity index (χ1v) is 4.20. The van der Waals surface area contributed by atoms with E-state index < -0.39 is 0 Å². The first-order chi connectivity index (χ1) is 6.75. The summed E-state index contributed by atoms with van der Waals surface area (Å²) in [6.07, 6.45) is 2.87. The van der Waals surface area contributed by atoms with Gasteiger partial charge in [-0.05, 0) is 12.1 Å². The molecule has 0 amide bonds. The van der Waals surface area contributed by atoms with Crippen LogP contribution in [0.25, 0.3) is 11.5 Å². The summed E-state index contributed by atoms with van der Waals surface area (Å²) in [6, 6.07) is 3.43. The third-order valence-corrected chi connectivity index (χ3v) is 1.77. The van der Waals surface area contributed by atoms with Crippen molar-refractivity contribution in [1.82, 2.24) is 19.9 Å². The summed E-state index contributed by atoms with van der Waals surface area (Å²) in [5.74, 6) is 0.612. The molecule has 0 unspecified atom stereocenters. The molecule has 0 fully saturated rings. The summed E-state index contributed by atoms with van der Waals surface area (Å²) in [6.45, 7) is 0. The SMILES string of the molecule is Nc1ncnc(-c2ccc(Cl)cn2)n1. The Balaban J connectivity index is 2.44. The van der Waals surface area contributed by atoms with Crippen LogP contribution in [0.15, 0.2) is 24.7 Å². The van der Waals surface area contributed by atoms with Gasteiger partial charge < -0.3 is 5.73 Å². The maximum Gasteiger partial charge on any atom is 0.223 e. The Morgan fingerprint density at radius 3 is 2.64 bits per heavy atom. The zero-order valence-electron chi connectivity index (χ0n) is 7.05. The molecule has 2 rings (SSSR count). The van der Waals surface area contributed by atoms with E-state index in [4.69, 9.17) is 17.3 Å². The van der Waals surface area contributed by atoms with Crippen LogP contribution in [-0.4, -0.2) is 19.9 Å². The fourth-order valence-corrected chi connectivity index (χ4v) is 1.05. The summed E-state index contributed by atoms with van der Waals surface area (Å²) < 4.78 is 0. The van der Waals surface area contributed by atoms with Crippen LogP contribution in [-0.2, 0) is 0 Å². The van der Waals surface area contributed by atoms with Crippen LogP contribution in [0.2, 0.25) is 5.02 Å². The first-order valence-electron chi connectivity index (χ1n) is 3.82. The Hall–Kier alpha value is -1.75. The van der Waals surface area contributed by atoms with Crippen molar-refractivity contribution in [1.29, 1.82) is 0 Å². The lowest BCUT2D eigenvalue weighted by Crippen LogP contribution is -1.98. The highest BCUT2D eigenvalue weighted by Gasteiger charge is 2.02. The maximum atomic E-state index is 5.69. The molecule has 2 aromatic heterocycles. The van der Waals surface area contributed by atoms with E-state index in [-0.39, 0.29) is 5.95 Å². The van der Waals surface area contributed by atoms with Crippen LogP contribution in [0, 0.1) is 0 Å². The number of anilines is 1. The van der Waals surface area contributed by atoms with Crippen LogP contribution in [0.3, 0.4) is 0 Å². The van der Waals surface area contributed by atoms with E-state index in [1.807, 2.05) is 0 Å². The van der Waals surface area contributed by atoms with Crippen molar-refractivity contribution in [3.8, 4) is 11.5 Å². The van der Waals surface area contributed by atoms with Crippen molar-refractivity contribution in [3.05, 3.63) is 29.7 Å². The number of rotatable bonds is 1. The van der Waals surface area contributed by atoms with Crippen molar-refractivity contribution < 1.29 is 0 Å². The van der Waals surface area contributed by atoms with E-state index in [2.05, 4.69) is 19.9 Å². The summed E-state index contributed by atoms with van der Waals surface area (Å²) >= 11 is 5.69. The molecule has 0 aliphatic heterocycles. The number of nitrogens with zero attached hydrogens (tertiary/aromatic N) is 4. The van der Waals surface area contributed by atoms with Gasteiger partial charge in [-0.2, -0.15) is 4.98 Å². The second-order valence-electron chi connectivity index (χ2n) is 2.53. The molecule has 0 radical (unpaired) electrons. The average Bonchev–Trinajstić information content (AvgIpc) is 2.19. The standard InChI is InChI=1S/C8H6ClN5/c9-5-1-2-6(11-3-5)7-12-4-13-8(10)14-7/h1-4H,(H2,10,12,13,14). The Kier molecular flexibility index (Phi) is 2.24. The number of nitrogens with two attached hydrogens (primary N) is 1. The third kappa shape index (κ3) is 1.77. The molecule has 70 valence electrons. The Morgan fingerprint density at radius 2 is 2.00 bits per heavy atom. The number of hydrogen-bond donors (Lipinski definition) is 1. The van der Waals surface area contributed by atoms with Gasteiger partial charge in [0.05, 0.1) is 5.02 Å². The highest BCUT2D eigenvalue weighted by atomic mass is 35.5. The minimum atomic E-state index is 0.173. The Morgan fingerprint density at radius 1 is 1.14 bits per heavy atom. The first kappa shape index (κ1) is 8.83. The van der Waals surface area contributed by atoms with E-state index in [1.165, 1.54) is 12.5 Å². The van der Waals surface area contributed by atoms with Gasteiger partial charge in [0.1, 0.15) is 12.0 Å². The number of aromatic nitrogens is 4. The molecular weight excluding hydrogens is 202 g/mol. The second-order valence-corrected chi connectivity index (χ2v) is 2.97. The van der Waals surface area contributed by atoms with Gasteiger partial charge in [0.2, 0.25) is 5.95 Å². The third-order valence-electron chi connectivity index (χ3n) is 1.55. The van der Waals surface area contributed by atoms with Gasteiger partial charge in [0.15, 0.2) is 5.82 Å². The highest BCUT2D eigenvalue weighted by molar-refractivity contribution is 6.30. The van der Waals surface area contributed by atoms with E-state index in [0.29, 0.717) is 16.5 Å². The second kappa shape index (κ2) is 3.55. The molecule has 14 heavy (non-hydrogen) atoms. The number of hydrogen-bond acceptors (Lipinski definition) is 5. The molecule has 0 aromatic carbocycles. The number of halogens is 1. The summed E-state index contributed by atoms with van der Waals surface area (Å²) in [7, 11) is 0. The van der Waals surface area contributed by atoms with Crippen LogP contribution in [0.1, 0.15) is 0 Å². The van der Waals surface area contributed by atoms with Crippen molar-refractivity contribution in [2.75, 3.05) is 5.73 Å². The van der Waals surface area contributed by atoms with Crippen molar-refractivity contribution >= 4 is 17.5 Å². The van der Waals surface area contributed by atoms with Gasteiger partial charge in [0.25, 0.3) is 0 Å². The van der Waals surface area contributed by atoms with Crippen LogP contribution in [0.5, 0.6) is 0 Å². The van der Waals surface area contributed by atoms with Gasteiger partial charge in [0, 0.05) is 6.20 Å². The van der Waals surface area contributed by atoms with E-state index in [9.17, 15) is 0 Å². The van der Waals surface area contributed by atoms with Gasteiger partial charge in [-0.15, -0.1) is 0 Å². The van der Waals surface area contributed by atoms with E-state index >= 15 is 0 Å². The Bertz CT molecular complexity index is 442. The summed E-state index contributed by atoms with van der Waals surface area (Å²) in [4.78, 5) is 15.6. The lowest BCUT2D eigenvalue weighted by molar-refractivity contribution is 1.06. The quantitative estimate of drug-likeness (QED) is 0.760. The molecular formula is C8H6ClN5. The average molecular weight is 208 g/mol. The zero-order chi connectivity index (χ0) is 9.97. The summed E-state index contributed by atoms with van der Waals surface area (Å²) in [5.41, 5.74) is 6.02. The van der Waals surface area contributed by atoms with E-state index in [1.54, 1.807) is 12.1 Å². The molecule has 5 nitrogen and oxygen atoms in total. The molecule has 0 aliphatic rings. The summed E-state index contributed by atoms with van der Waals surface area (Å²) in [5, 5.41) is 0.566. The topological polar surface area (TPSA) is 77.6 Å². The number of pyridine rings is 1. The zero-order valence-corrected chi connectivity index (χ0v) is 7.81. The molecule has 0 spiro atoms. The highest BCUT2D eigenvalue weighted by Crippen LogP contribution is 2.13. The van der Waals surface area contributed by atoms with Crippen LogP contribution < -0.4 is 5.73 Å². The van der Waals surface area contributed by atoms with Gasteiger partial charge >= 0.3 is 0 Å². The minimum Gasteiger partial charge on any atom is -0.368 e. The smallest absolute Gasteiger partial charge is 0.223 e. The molecule has 2 aromatic rings. The van der Waals surface area contributed by atoms with Crippen LogP contribution >= 0.6 is 11.6 Å². The maximum absolute atomic E-state index is 5.69. The Labute approximate surface area is 85.0 Å². The predicted molar refractivity (Wildman–Crippen MR) is 52.5 cm³/mol. The van der Waals surface area contributed by atoms with Crippen molar-refractivity contribution in [2.24, 2.45) is 0 Å². The molecule has 0 bridgehead atoms. The monoisotopic (exact) mass is 207 g/mol. The van der Waals surface area contributed by atoms with Gasteiger partial charge in [-0.25, -0.2) is 9.97 Å². The van der Waals surface area contributed by atoms with Crippen molar-refractivity contribution in [3.63, 3.8) is 0 Å². The van der Waals surface area contributed by atoms with E-state index in [0.717, 1.165) is 0 Å². The molecule has 0 aliphatic carbocycles. The van der Waals surface area contributed by atoms with Crippen LogP contribution in [0.4, 0.5) is 5.95 Å². The predicted octanol–water partition coefficient (Wildman–Crippen LogP) is 1.17. The van der Waals surface area contributed by atoms with Gasteiger partial charge in [-0.1, -0.05) is 11.6 Å². The fraction of sp³-hybridized carbons (Fsp3) is 0. The molecule has 0 atom stereocenters. The largest absolute Gasteiger partial charge is 0.368 e. The lowest BCUT2D eigenvalue weighted by atomic mass is 10.3. The minimum absolute atomic E-state index is 0.173. The van der Waals surface area contributed by atoms with Crippen molar-refractivity contribution in [2.45, 2.75) is 0 Å². The molecule has 6 heteroatoms. The number of nitrogen functional groups attached to an aromatic ring is 1. The molecule has 2 N–H and O–H groups in total. The fourth-order valence-electron chi connectivity index (χ4n) is 0.940. The normalized spacial score (nSPS) is 10.1. The molecule has 0 saturated carbocycles. The molecule has 0 saturated heterocycles. The lowest BCUT2D eigenvalue weighted by Gasteiger charge is -1.98.